The summed E-state index contributed by atoms with van der Waals surface area (Å²) in [6, 6.07) is 11.7. The van der Waals surface area contributed by atoms with Crippen molar-refractivity contribution in [3.63, 3.8) is 0 Å². The van der Waals surface area contributed by atoms with Gasteiger partial charge in [-0.2, -0.15) is 5.10 Å². The van der Waals surface area contributed by atoms with Crippen molar-refractivity contribution in [2.24, 2.45) is 10.2 Å². The van der Waals surface area contributed by atoms with Crippen LogP contribution in [0.5, 0.6) is 5.75 Å². The summed E-state index contributed by atoms with van der Waals surface area (Å²) >= 11 is 7.09. The molecular formula is C17H13ClFN3O2S. The number of thioether (sulfide) groups is 1. The average molecular weight is 378 g/mol. The van der Waals surface area contributed by atoms with Gasteiger partial charge in [-0.25, -0.2) is 4.39 Å². The van der Waals surface area contributed by atoms with Gasteiger partial charge >= 0.3 is 0 Å². The largest absolute Gasteiger partial charge is 0.486 e. The highest BCUT2D eigenvalue weighted by molar-refractivity contribution is 8.15. The van der Waals surface area contributed by atoms with Crippen LogP contribution in [0.3, 0.4) is 0 Å². The van der Waals surface area contributed by atoms with Crippen LogP contribution in [0.15, 0.2) is 52.7 Å². The molecule has 0 bridgehead atoms. The molecule has 8 heteroatoms. The fourth-order valence-corrected chi connectivity index (χ4v) is 2.74. The third kappa shape index (κ3) is 5.04. The normalized spacial score (nSPS) is 15.8. The molecule has 1 aliphatic heterocycles. The second-order valence-electron chi connectivity index (χ2n) is 5.09. The van der Waals surface area contributed by atoms with Crippen molar-refractivity contribution in [3.05, 3.63) is 64.4 Å². The average Bonchev–Trinajstić information content (AvgIpc) is 3.01. The van der Waals surface area contributed by atoms with Crippen molar-refractivity contribution in [2.45, 2.75) is 6.61 Å². The maximum absolute atomic E-state index is 14.1. The molecule has 1 fully saturated rings. The van der Waals surface area contributed by atoms with Crippen molar-refractivity contribution in [1.29, 1.82) is 0 Å². The van der Waals surface area contributed by atoms with E-state index in [-0.39, 0.29) is 18.3 Å². The molecule has 0 radical (unpaired) electrons. The van der Waals surface area contributed by atoms with Crippen LogP contribution < -0.4 is 10.1 Å². The fraction of sp³-hybridized carbons (Fsp3) is 0.118. The Balaban J connectivity index is 1.60. The van der Waals surface area contributed by atoms with Crippen molar-refractivity contribution < 1.29 is 13.9 Å². The molecule has 2 aromatic carbocycles. The number of benzene rings is 2. The van der Waals surface area contributed by atoms with Gasteiger partial charge in [0.1, 0.15) is 6.61 Å². The van der Waals surface area contributed by atoms with Gasteiger partial charge in [-0.3, -0.25) is 4.79 Å². The van der Waals surface area contributed by atoms with E-state index in [0.29, 0.717) is 21.5 Å². The number of hydrogen-bond donors (Lipinski definition) is 1. The molecule has 0 spiro atoms. The Bertz CT molecular complexity index is 840. The molecule has 1 heterocycles. The van der Waals surface area contributed by atoms with Crippen LogP contribution in [0.2, 0.25) is 5.02 Å². The molecule has 0 aliphatic carbocycles. The first-order chi connectivity index (χ1) is 12.1. The lowest BCUT2D eigenvalue weighted by Gasteiger charge is -2.08. The predicted molar refractivity (Wildman–Crippen MR) is 97.8 cm³/mol. The summed E-state index contributed by atoms with van der Waals surface area (Å²) in [6.45, 7) is 0.242. The topological polar surface area (TPSA) is 63.0 Å². The zero-order chi connectivity index (χ0) is 17.6. The van der Waals surface area contributed by atoms with Gasteiger partial charge < -0.3 is 10.1 Å². The van der Waals surface area contributed by atoms with E-state index in [1.54, 1.807) is 18.2 Å². The first-order valence-electron chi connectivity index (χ1n) is 7.30. The summed E-state index contributed by atoms with van der Waals surface area (Å²) in [6.07, 6.45) is 1.41. The van der Waals surface area contributed by atoms with Gasteiger partial charge in [-0.05, 0) is 41.5 Å². The standard InChI is InChI=1S/C17H13ClFN3O2S/c18-13-4-1-11(2-5-13)9-24-15-6-3-12(7-14(15)19)8-20-22-17-21-16(23)10-25-17/h1-8H,9-10H2,(H,21,22,23). The third-order valence-corrected chi connectivity index (χ3v) is 4.32. The SMILES string of the molecule is O=C1CSC(=NN=Cc2ccc(OCc3ccc(Cl)cc3)c(F)c2)N1. The van der Waals surface area contributed by atoms with Gasteiger partial charge in [0.2, 0.25) is 5.91 Å². The lowest BCUT2D eigenvalue weighted by molar-refractivity contribution is -0.116. The third-order valence-electron chi connectivity index (χ3n) is 3.21. The maximum atomic E-state index is 14.1. The predicted octanol–water partition coefficient (Wildman–Crippen LogP) is 3.61. The van der Waals surface area contributed by atoms with E-state index in [0.717, 1.165) is 5.56 Å². The molecule has 5 nitrogen and oxygen atoms in total. The summed E-state index contributed by atoms with van der Waals surface area (Å²) < 4.78 is 19.6. The quantitative estimate of drug-likeness (QED) is 0.639. The Hall–Kier alpha value is -2.38. The van der Waals surface area contributed by atoms with Crippen molar-refractivity contribution in [1.82, 2.24) is 5.32 Å². The van der Waals surface area contributed by atoms with Crippen LogP contribution >= 0.6 is 23.4 Å². The van der Waals surface area contributed by atoms with Gasteiger partial charge in [0.25, 0.3) is 0 Å². The van der Waals surface area contributed by atoms with Crippen LogP contribution in [0.4, 0.5) is 4.39 Å². The van der Waals surface area contributed by atoms with E-state index in [1.165, 1.54) is 30.1 Å². The molecule has 3 rings (SSSR count). The molecule has 25 heavy (non-hydrogen) atoms. The van der Waals surface area contributed by atoms with Crippen molar-refractivity contribution in [2.75, 3.05) is 5.75 Å². The van der Waals surface area contributed by atoms with Crippen LogP contribution in [0.25, 0.3) is 0 Å². The summed E-state index contributed by atoms with van der Waals surface area (Å²) in [4.78, 5) is 11.0. The minimum Gasteiger partial charge on any atom is -0.486 e. The summed E-state index contributed by atoms with van der Waals surface area (Å²) in [5.74, 6) is -0.110. The minimum atomic E-state index is -0.492. The number of ether oxygens (including phenoxy) is 1. The molecule has 1 aliphatic rings. The Labute approximate surface area is 152 Å². The van der Waals surface area contributed by atoms with Crippen molar-refractivity contribution >= 4 is 40.7 Å². The second-order valence-corrected chi connectivity index (χ2v) is 6.49. The van der Waals surface area contributed by atoms with Gasteiger partial charge in [-0.1, -0.05) is 35.5 Å². The van der Waals surface area contributed by atoms with Crippen molar-refractivity contribution in [3.8, 4) is 5.75 Å². The number of amidine groups is 1. The molecule has 0 aromatic heterocycles. The van der Waals surface area contributed by atoms with Crippen LogP contribution in [-0.4, -0.2) is 23.0 Å². The number of nitrogens with zero attached hydrogens (tertiary/aromatic N) is 2. The van der Waals surface area contributed by atoms with E-state index in [2.05, 4.69) is 15.5 Å². The summed E-state index contributed by atoms with van der Waals surface area (Å²) in [7, 11) is 0. The zero-order valence-electron chi connectivity index (χ0n) is 12.9. The highest BCUT2D eigenvalue weighted by Crippen LogP contribution is 2.20. The number of carbonyl (C=O) groups excluding carboxylic acids is 1. The van der Waals surface area contributed by atoms with Gasteiger partial charge in [-0.15, -0.1) is 5.10 Å². The maximum Gasteiger partial charge on any atom is 0.236 e. The number of amides is 1. The van der Waals surface area contributed by atoms with E-state index in [9.17, 15) is 9.18 Å². The Morgan fingerprint density at radius 1 is 1.28 bits per heavy atom. The lowest BCUT2D eigenvalue weighted by atomic mass is 10.2. The van der Waals surface area contributed by atoms with Crippen LogP contribution in [0, 0.1) is 5.82 Å². The zero-order valence-corrected chi connectivity index (χ0v) is 14.5. The molecule has 1 amide bonds. The Morgan fingerprint density at radius 3 is 2.76 bits per heavy atom. The molecular weight excluding hydrogens is 365 g/mol. The van der Waals surface area contributed by atoms with Gasteiger partial charge in [0.05, 0.1) is 12.0 Å². The highest BCUT2D eigenvalue weighted by Gasteiger charge is 2.15. The summed E-state index contributed by atoms with van der Waals surface area (Å²) in [5, 5.41) is 11.3. The summed E-state index contributed by atoms with van der Waals surface area (Å²) in [5.41, 5.74) is 1.43. The lowest BCUT2D eigenvalue weighted by Crippen LogP contribution is -2.19. The molecule has 0 atom stereocenters. The molecule has 128 valence electrons. The van der Waals surface area contributed by atoms with Gasteiger partial charge in [0, 0.05) is 5.02 Å². The fourth-order valence-electron chi connectivity index (χ4n) is 1.98. The van der Waals surface area contributed by atoms with E-state index >= 15 is 0 Å². The monoisotopic (exact) mass is 377 g/mol. The van der Waals surface area contributed by atoms with Crippen LogP contribution in [0.1, 0.15) is 11.1 Å². The Morgan fingerprint density at radius 2 is 2.08 bits per heavy atom. The number of carbonyl (C=O) groups is 1. The van der Waals surface area contributed by atoms with Crippen LogP contribution in [-0.2, 0) is 11.4 Å². The molecule has 0 unspecified atom stereocenters. The number of halogens is 2. The second kappa shape index (κ2) is 8.13. The minimum absolute atomic E-state index is 0.104. The van der Waals surface area contributed by atoms with E-state index in [1.807, 2.05) is 12.1 Å². The molecule has 1 N–H and O–H groups in total. The number of nitrogens with one attached hydrogen (secondary N) is 1. The van der Waals surface area contributed by atoms with Gasteiger partial charge in [0.15, 0.2) is 16.7 Å². The Kier molecular flexibility index (Phi) is 5.67. The smallest absolute Gasteiger partial charge is 0.236 e. The molecule has 1 saturated heterocycles. The molecule has 0 saturated carbocycles. The van der Waals surface area contributed by atoms with E-state index < -0.39 is 5.82 Å². The highest BCUT2D eigenvalue weighted by atomic mass is 35.5. The number of rotatable bonds is 5. The first-order valence-corrected chi connectivity index (χ1v) is 8.67. The first kappa shape index (κ1) is 17.4. The number of hydrogen-bond acceptors (Lipinski definition) is 5. The van der Waals surface area contributed by atoms with E-state index in [4.69, 9.17) is 16.3 Å². The molecule has 2 aromatic rings.